The summed E-state index contributed by atoms with van der Waals surface area (Å²) < 4.78 is 5.45. The van der Waals surface area contributed by atoms with Gasteiger partial charge >= 0.3 is 0 Å². The van der Waals surface area contributed by atoms with Crippen LogP contribution in [0.1, 0.15) is 28.9 Å². The second-order valence-corrected chi connectivity index (χ2v) is 6.66. The number of rotatable bonds is 5. The van der Waals surface area contributed by atoms with Crippen molar-refractivity contribution in [2.24, 2.45) is 0 Å². The van der Waals surface area contributed by atoms with Crippen LogP contribution in [0.3, 0.4) is 0 Å². The van der Waals surface area contributed by atoms with Gasteiger partial charge in [0.1, 0.15) is 5.69 Å². The van der Waals surface area contributed by atoms with E-state index in [9.17, 15) is 4.79 Å². The van der Waals surface area contributed by atoms with Gasteiger partial charge in [-0.3, -0.25) is 4.79 Å². The van der Waals surface area contributed by atoms with E-state index in [-0.39, 0.29) is 11.9 Å². The summed E-state index contributed by atoms with van der Waals surface area (Å²) in [6.45, 7) is 0.447. The van der Waals surface area contributed by atoms with E-state index in [0.717, 1.165) is 24.1 Å². The summed E-state index contributed by atoms with van der Waals surface area (Å²) in [6, 6.07) is 19.0. The summed E-state index contributed by atoms with van der Waals surface area (Å²) in [5.41, 5.74) is 2.37. The van der Waals surface area contributed by atoms with Crippen molar-refractivity contribution in [2.45, 2.75) is 25.4 Å². The van der Waals surface area contributed by atoms with Crippen molar-refractivity contribution in [1.29, 1.82) is 0 Å². The number of aromatic nitrogens is 1. The highest BCUT2D eigenvalue weighted by Gasteiger charge is 2.33. The number of benzene rings is 2. The maximum Gasteiger partial charge on any atom is 0.254 e. The average molecular weight is 353 g/mol. The first-order valence-corrected chi connectivity index (χ1v) is 8.66. The molecule has 0 unspecified atom stereocenters. The molecule has 1 fully saturated rings. The number of nitrogens with zero attached hydrogens (tertiary/aromatic N) is 2. The van der Waals surface area contributed by atoms with Crippen LogP contribution in [0.5, 0.6) is 0 Å². The van der Waals surface area contributed by atoms with E-state index in [2.05, 4.69) is 5.16 Å². The summed E-state index contributed by atoms with van der Waals surface area (Å²) in [4.78, 5) is 14.7. The summed E-state index contributed by atoms with van der Waals surface area (Å²) in [7, 11) is 0. The van der Waals surface area contributed by atoms with Crippen LogP contribution in [0, 0.1) is 0 Å². The van der Waals surface area contributed by atoms with E-state index in [4.69, 9.17) is 16.1 Å². The Hall–Kier alpha value is -2.59. The number of carbonyl (C=O) groups is 1. The fraction of sp³-hybridized carbons (Fsp3) is 0.200. The molecular weight excluding hydrogens is 336 g/mol. The molecule has 1 aromatic heterocycles. The number of carbonyl (C=O) groups excluding carboxylic acids is 1. The Morgan fingerprint density at radius 2 is 1.84 bits per heavy atom. The van der Waals surface area contributed by atoms with Gasteiger partial charge in [-0.2, -0.15) is 0 Å². The minimum absolute atomic E-state index is 0.00317. The summed E-state index contributed by atoms with van der Waals surface area (Å²) in [5, 5.41) is 4.77. The SMILES string of the molecule is O=C(c1ccc(Cl)cc1)N(Cc1cc(-c2ccccc2)on1)C1CC1. The maximum atomic E-state index is 12.8. The number of halogens is 1. The zero-order valence-corrected chi connectivity index (χ0v) is 14.3. The van der Waals surface area contributed by atoms with Crippen LogP contribution in [0.4, 0.5) is 0 Å². The molecule has 3 aromatic rings. The molecule has 4 nitrogen and oxygen atoms in total. The fourth-order valence-corrected chi connectivity index (χ4v) is 2.94. The highest BCUT2D eigenvalue weighted by Crippen LogP contribution is 2.30. The second kappa shape index (κ2) is 6.73. The highest BCUT2D eigenvalue weighted by molar-refractivity contribution is 6.30. The molecule has 0 aliphatic heterocycles. The van der Waals surface area contributed by atoms with Crippen molar-refractivity contribution < 1.29 is 9.32 Å². The van der Waals surface area contributed by atoms with Gasteiger partial charge in [-0.1, -0.05) is 47.1 Å². The largest absolute Gasteiger partial charge is 0.356 e. The van der Waals surface area contributed by atoms with Gasteiger partial charge in [0.15, 0.2) is 5.76 Å². The van der Waals surface area contributed by atoms with Crippen molar-refractivity contribution in [3.63, 3.8) is 0 Å². The van der Waals surface area contributed by atoms with Gasteiger partial charge in [0, 0.05) is 28.3 Å². The van der Waals surface area contributed by atoms with Crippen LogP contribution >= 0.6 is 11.6 Å². The Kier molecular flexibility index (Phi) is 4.28. The van der Waals surface area contributed by atoms with E-state index in [1.54, 1.807) is 24.3 Å². The van der Waals surface area contributed by atoms with Crippen LogP contribution in [0.25, 0.3) is 11.3 Å². The summed E-state index contributed by atoms with van der Waals surface area (Å²) >= 11 is 5.91. The molecule has 25 heavy (non-hydrogen) atoms. The molecule has 1 amide bonds. The molecule has 0 saturated heterocycles. The maximum absolute atomic E-state index is 12.8. The third-order valence-corrected chi connectivity index (χ3v) is 4.54. The molecule has 0 atom stereocenters. The molecule has 0 spiro atoms. The molecule has 1 aliphatic rings. The van der Waals surface area contributed by atoms with Gasteiger partial charge in [0.2, 0.25) is 0 Å². The number of hydrogen-bond donors (Lipinski definition) is 0. The van der Waals surface area contributed by atoms with Gasteiger partial charge in [-0.05, 0) is 37.1 Å². The smallest absolute Gasteiger partial charge is 0.254 e. The molecule has 1 heterocycles. The minimum Gasteiger partial charge on any atom is -0.356 e. The molecule has 4 rings (SSSR count). The lowest BCUT2D eigenvalue weighted by Gasteiger charge is -2.21. The Labute approximate surface area is 151 Å². The van der Waals surface area contributed by atoms with Crippen molar-refractivity contribution >= 4 is 17.5 Å². The first-order valence-electron chi connectivity index (χ1n) is 8.28. The average Bonchev–Trinajstić information content (AvgIpc) is 3.38. The first kappa shape index (κ1) is 15.9. The normalized spacial score (nSPS) is 13.6. The number of amides is 1. The first-order chi connectivity index (χ1) is 12.2. The molecule has 5 heteroatoms. The van der Waals surface area contributed by atoms with Crippen molar-refractivity contribution in [3.05, 3.63) is 76.9 Å². The minimum atomic E-state index is 0.00317. The van der Waals surface area contributed by atoms with E-state index in [0.29, 0.717) is 22.9 Å². The molecule has 2 aromatic carbocycles. The molecule has 0 N–H and O–H groups in total. The molecule has 1 saturated carbocycles. The van der Waals surface area contributed by atoms with E-state index >= 15 is 0 Å². The lowest BCUT2D eigenvalue weighted by atomic mass is 10.1. The molecule has 0 bridgehead atoms. The second-order valence-electron chi connectivity index (χ2n) is 6.22. The Morgan fingerprint density at radius 1 is 1.12 bits per heavy atom. The van der Waals surface area contributed by atoms with Gasteiger partial charge in [0.05, 0.1) is 6.54 Å². The van der Waals surface area contributed by atoms with Crippen molar-refractivity contribution in [1.82, 2.24) is 10.1 Å². The van der Waals surface area contributed by atoms with Crippen LogP contribution in [-0.2, 0) is 6.54 Å². The van der Waals surface area contributed by atoms with Crippen molar-refractivity contribution in [2.75, 3.05) is 0 Å². The van der Waals surface area contributed by atoms with Crippen LogP contribution in [0.15, 0.2) is 65.2 Å². The zero-order chi connectivity index (χ0) is 17.2. The summed E-state index contributed by atoms with van der Waals surface area (Å²) in [5.74, 6) is 0.716. The van der Waals surface area contributed by atoms with Gasteiger partial charge in [0.25, 0.3) is 5.91 Å². The van der Waals surface area contributed by atoms with Crippen molar-refractivity contribution in [3.8, 4) is 11.3 Å². The standard InChI is InChI=1S/C20H17ClN2O2/c21-16-8-6-15(7-9-16)20(24)23(18-10-11-18)13-17-12-19(25-22-17)14-4-2-1-3-5-14/h1-9,12,18H,10-11,13H2. The molecule has 1 aliphatic carbocycles. The monoisotopic (exact) mass is 352 g/mol. The van der Waals surface area contributed by atoms with Gasteiger partial charge < -0.3 is 9.42 Å². The van der Waals surface area contributed by atoms with Crippen LogP contribution in [0.2, 0.25) is 5.02 Å². The van der Waals surface area contributed by atoms with E-state index in [1.807, 2.05) is 41.3 Å². The Morgan fingerprint density at radius 3 is 2.52 bits per heavy atom. The van der Waals surface area contributed by atoms with Crippen LogP contribution < -0.4 is 0 Å². The predicted octanol–water partition coefficient (Wildman–Crippen LogP) is 4.80. The lowest BCUT2D eigenvalue weighted by molar-refractivity contribution is 0.0726. The Bertz CT molecular complexity index is 870. The quantitative estimate of drug-likeness (QED) is 0.662. The van der Waals surface area contributed by atoms with E-state index in [1.165, 1.54) is 0 Å². The van der Waals surface area contributed by atoms with E-state index < -0.39 is 0 Å². The fourth-order valence-electron chi connectivity index (χ4n) is 2.81. The highest BCUT2D eigenvalue weighted by atomic mass is 35.5. The number of hydrogen-bond acceptors (Lipinski definition) is 3. The van der Waals surface area contributed by atoms with Gasteiger partial charge in [-0.25, -0.2) is 0 Å². The third kappa shape index (κ3) is 3.59. The van der Waals surface area contributed by atoms with Gasteiger partial charge in [-0.15, -0.1) is 0 Å². The molecule has 126 valence electrons. The Balaban J connectivity index is 1.54. The topological polar surface area (TPSA) is 46.3 Å². The lowest BCUT2D eigenvalue weighted by Crippen LogP contribution is -2.32. The third-order valence-electron chi connectivity index (χ3n) is 4.29. The van der Waals surface area contributed by atoms with Crippen LogP contribution in [-0.4, -0.2) is 22.0 Å². The summed E-state index contributed by atoms with van der Waals surface area (Å²) in [6.07, 6.45) is 2.06. The predicted molar refractivity (Wildman–Crippen MR) is 96.3 cm³/mol. The zero-order valence-electron chi connectivity index (χ0n) is 13.6. The molecule has 0 radical (unpaired) electrons. The molecular formula is C20H17ClN2O2.